The molecule has 1 atom stereocenters. The second kappa shape index (κ2) is 7.25. The highest BCUT2D eigenvalue weighted by Crippen LogP contribution is 2.08. The Bertz CT molecular complexity index is 322. The SMILES string of the molecule is COC(=O)c1ccc(CC[C@H](C)N)cc1.Cl. The fraction of sp³-hybridized carbons (Fsp3) is 0.417. The molecule has 0 fully saturated rings. The average molecular weight is 244 g/mol. The first-order valence-corrected chi connectivity index (χ1v) is 5.06. The van der Waals surface area contributed by atoms with Crippen LogP contribution in [0.1, 0.15) is 29.3 Å². The number of hydrogen-bond donors (Lipinski definition) is 1. The molecule has 0 saturated heterocycles. The van der Waals surface area contributed by atoms with Gasteiger partial charge >= 0.3 is 5.97 Å². The van der Waals surface area contributed by atoms with Gasteiger partial charge in [0.05, 0.1) is 12.7 Å². The minimum absolute atomic E-state index is 0. The molecule has 1 aromatic carbocycles. The minimum Gasteiger partial charge on any atom is -0.465 e. The van der Waals surface area contributed by atoms with E-state index in [4.69, 9.17) is 5.73 Å². The minimum atomic E-state index is -0.297. The maximum absolute atomic E-state index is 11.1. The summed E-state index contributed by atoms with van der Waals surface area (Å²) in [4.78, 5) is 11.1. The largest absolute Gasteiger partial charge is 0.465 e. The van der Waals surface area contributed by atoms with Gasteiger partial charge in [-0.25, -0.2) is 4.79 Å². The van der Waals surface area contributed by atoms with Gasteiger partial charge in [-0.05, 0) is 37.5 Å². The van der Waals surface area contributed by atoms with E-state index in [1.807, 2.05) is 19.1 Å². The van der Waals surface area contributed by atoms with Crippen molar-refractivity contribution in [3.05, 3.63) is 35.4 Å². The van der Waals surface area contributed by atoms with Gasteiger partial charge in [0.1, 0.15) is 0 Å². The molecule has 0 aliphatic heterocycles. The molecule has 16 heavy (non-hydrogen) atoms. The van der Waals surface area contributed by atoms with Crippen LogP contribution in [0.2, 0.25) is 0 Å². The molecular formula is C12H18ClNO2. The maximum atomic E-state index is 11.1. The van der Waals surface area contributed by atoms with Crippen LogP contribution in [0.15, 0.2) is 24.3 Å². The van der Waals surface area contributed by atoms with E-state index in [0.29, 0.717) is 5.56 Å². The summed E-state index contributed by atoms with van der Waals surface area (Å²) >= 11 is 0. The molecule has 0 radical (unpaired) electrons. The number of rotatable bonds is 4. The first-order chi connectivity index (χ1) is 7.13. The highest BCUT2D eigenvalue weighted by Gasteiger charge is 2.04. The standard InChI is InChI=1S/C12H17NO2.ClH/c1-9(13)3-4-10-5-7-11(8-6-10)12(14)15-2;/h5-9H,3-4,13H2,1-2H3;1H/t9-;/m0./s1. The Morgan fingerprint density at radius 2 is 1.94 bits per heavy atom. The number of nitrogens with two attached hydrogens (primary N) is 1. The molecule has 0 aliphatic carbocycles. The molecule has 0 saturated carbocycles. The van der Waals surface area contributed by atoms with Crippen molar-refractivity contribution in [3.63, 3.8) is 0 Å². The van der Waals surface area contributed by atoms with Crippen LogP contribution in [0, 0.1) is 0 Å². The van der Waals surface area contributed by atoms with Crippen molar-refractivity contribution in [2.75, 3.05) is 7.11 Å². The molecule has 0 amide bonds. The summed E-state index contributed by atoms with van der Waals surface area (Å²) in [6.07, 6.45) is 1.90. The van der Waals surface area contributed by atoms with E-state index in [9.17, 15) is 4.79 Å². The van der Waals surface area contributed by atoms with Gasteiger partial charge in [0, 0.05) is 6.04 Å². The number of carbonyl (C=O) groups excluding carboxylic acids is 1. The first-order valence-electron chi connectivity index (χ1n) is 5.06. The lowest BCUT2D eigenvalue weighted by atomic mass is 10.0. The number of carbonyl (C=O) groups is 1. The van der Waals surface area contributed by atoms with Crippen LogP contribution in [-0.4, -0.2) is 19.1 Å². The first kappa shape index (κ1) is 14.9. The molecule has 3 nitrogen and oxygen atoms in total. The number of methoxy groups -OCH3 is 1. The predicted octanol–water partition coefficient (Wildman–Crippen LogP) is 2.17. The third-order valence-electron chi connectivity index (χ3n) is 2.26. The molecule has 0 aromatic heterocycles. The lowest BCUT2D eigenvalue weighted by molar-refractivity contribution is 0.0600. The lowest BCUT2D eigenvalue weighted by Crippen LogP contribution is -2.15. The van der Waals surface area contributed by atoms with Gasteiger partial charge < -0.3 is 10.5 Å². The molecule has 4 heteroatoms. The molecule has 1 rings (SSSR count). The summed E-state index contributed by atoms with van der Waals surface area (Å²) in [6, 6.07) is 7.65. The van der Waals surface area contributed by atoms with Crippen LogP contribution in [0.25, 0.3) is 0 Å². The van der Waals surface area contributed by atoms with Crippen LogP contribution < -0.4 is 5.73 Å². The molecule has 0 unspecified atom stereocenters. The van der Waals surface area contributed by atoms with Gasteiger partial charge in [0.2, 0.25) is 0 Å². The number of benzene rings is 1. The van der Waals surface area contributed by atoms with Gasteiger partial charge in [-0.2, -0.15) is 0 Å². The molecule has 0 bridgehead atoms. The Labute approximate surface area is 102 Å². The van der Waals surface area contributed by atoms with E-state index in [-0.39, 0.29) is 24.4 Å². The van der Waals surface area contributed by atoms with Crippen molar-refractivity contribution in [3.8, 4) is 0 Å². The van der Waals surface area contributed by atoms with Crippen molar-refractivity contribution in [2.24, 2.45) is 5.73 Å². The summed E-state index contributed by atoms with van der Waals surface area (Å²) in [5.41, 5.74) is 7.45. The zero-order valence-corrected chi connectivity index (χ0v) is 10.4. The van der Waals surface area contributed by atoms with Gasteiger partial charge in [0.25, 0.3) is 0 Å². The van der Waals surface area contributed by atoms with Crippen LogP contribution >= 0.6 is 12.4 Å². The smallest absolute Gasteiger partial charge is 0.337 e. The van der Waals surface area contributed by atoms with E-state index in [1.54, 1.807) is 12.1 Å². The van der Waals surface area contributed by atoms with E-state index in [2.05, 4.69) is 4.74 Å². The van der Waals surface area contributed by atoms with E-state index in [1.165, 1.54) is 12.7 Å². The molecule has 90 valence electrons. The highest BCUT2D eigenvalue weighted by molar-refractivity contribution is 5.89. The maximum Gasteiger partial charge on any atom is 0.337 e. The van der Waals surface area contributed by atoms with Gasteiger partial charge in [0.15, 0.2) is 0 Å². The molecule has 1 aromatic rings. The molecular weight excluding hydrogens is 226 g/mol. The lowest BCUT2D eigenvalue weighted by Gasteiger charge is -2.05. The van der Waals surface area contributed by atoms with E-state index < -0.39 is 0 Å². The Morgan fingerprint density at radius 3 is 2.38 bits per heavy atom. The van der Waals surface area contributed by atoms with E-state index in [0.717, 1.165) is 12.8 Å². The normalized spacial score (nSPS) is 11.4. The van der Waals surface area contributed by atoms with Gasteiger partial charge in [-0.15, -0.1) is 12.4 Å². The second-order valence-electron chi connectivity index (χ2n) is 3.70. The topological polar surface area (TPSA) is 52.3 Å². The van der Waals surface area contributed by atoms with Crippen LogP contribution in [0.3, 0.4) is 0 Å². The third-order valence-corrected chi connectivity index (χ3v) is 2.26. The fourth-order valence-electron chi connectivity index (χ4n) is 1.32. The Morgan fingerprint density at radius 1 is 1.38 bits per heavy atom. The quantitative estimate of drug-likeness (QED) is 0.825. The summed E-state index contributed by atoms with van der Waals surface area (Å²) in [6.45, 7) is 1.99. The monoisotopic (exact) mass is 243 g/mol. The number of hydrogen-bond acceptors (Lipinski definition) is 3. The number of halogens is 1. The van der Waals surface area contributed by atoms with Gasteiger partial charge in [-0.1, -0.05) is 12.1 Å². The summed E-state index contributed by atoms with van der Waals surface area (Å²) in [5, 5.41) is 0. The van der Waals surface area contributed by atoms with Crippen molar-refractivity contribution in [1.82, 2.24) is 0 Å². The van der Waals surface area contributed by atoms with Crippen molar-refractivity contribution >= 4 is 18.4 Å². The third kappa shape index (κ3) is 4.64. The van der Waals surface area contributed by atoms with Crippen molar-refractivity contribution in [2.45, 2.75) is 25.8 Å². The van der Waals surface area contributed by atoms with E-state index >= 15 is 0 Å². The van der Waals surface area contributed by atoms with Crippen LogP contribution in [-0.2, 0) is 11.2 Å². The number of esters is 1. The number of aryl methyl sites for hydroxylation is 1. The zero-order chi connectivity index (χ0) is 11.3. The predicted molar refractivity (Wildman–Crippen MR) is 67.0 cm³/mol. The average Bonchev–Trinajstić information content (AvgIpc) is 2.26. The van der Waals surface area contributed by atoms with Crippen LogP contribution in [0.4, 0.5) is 0 Å². The second-order valence-corrected chi connectivity index (χ2v) is 3.70. The molecule has 0 spiro atoms. The fourth-order valence-corrected chi connectivity index (χ4v) is 1.32. The highest BCUT2D eigenvalue weighted by atomic mass is 35.5. The summed E-state index contributed by atoms with van der Waals surface area (Å²) in [5.74, 6) is -0.297. The van der Waals surface area contributed by atoms with Crippen molar-refractivity contribution < 1.29 is 9.53 Å². The molecule has 2 N–H and O–H groups in total. The summed E-state index contributed by atoms with van der Waals surface area (Å²) < 4.78 is 4.62. The zero-order valence-electron chi connectivity index (χ0n) is 9.60. The Kier molecular flexibility index (Phi) is 6.77. The molecule has 0 aliphatic rings. The summed E-state index contributed by atoms with van der Waals surface area (Å²) in [7, 11) is 1.38. The van der Waals surface area contributed by atoms with Crippen LogP contribution in [0.5, 0.6) is 0 Å². The molecule has 0 heterocycles. The van der Waals surface area contributed by atoms with Gasteiger partial charge in [-0.3, -0.25) is 0 Å². The Balaban J connectivity index is 0.00000225. The Hall–Kier alpha value is -1.06. The van der Waals surface area contributed by atoms with Crippen molar-refractivity contribution in [1.29, 1.82) is 0 Å². The number of ether oxygens (including phenoxy) is 1.